The number of nitrogens with zero attached hydrogens (tertiary/aromatic N) is 2. The molecule has 0 unspecified atom stereocenters. The molecule has 0 saturated carbocycles. The van der Waals surface area contributed by atoms with Gasteiger partial charge in [0.05, 0.1) is 5.69 Å². The topological polar surface area (TPSA) is 38.0 Å². The Bertz CT molecular complexity index is 515. The molecule has 1 aromatic carbocycles. The molecule has 1 heterocycles. The second-order valence-electron chi connectivity index (χ2n) is 3.92. The third kappa shape index (κ3) is 1.58. The van der Waals surface area contributed by atoms with E-state index in [-0.39, 0.29) is 5.75 Å². The van der Waals surface area contributed by atoms with Crippen molar-refractivity contribution >= 4 is 0 Å². The quantitative estimate of drug-likeness (QED) is 0.838. The zero-order valence-corrected chi connectivity index (χ0v) is 9.86. The Morgan fingerprint density at radius 3 is 2.56 bits per heavy atom. The lowest BCUT2D eigenvalue weighted by Crippen LogP contribution is -1.93. The van der Waals surface area contributed by atoms with Crippen molar-refractivity contribution in [2.45, 2.75) is 20.3 Å². The van der Waals surface area contributed by atoms with Crippen LogP contribution in [0.25, 0.3) is 11.3 Å². The predicted octanol–water partition coefficient (Wildman–Crippen LogP) is 2.66. The van der Waals surface area contributed by atoms with Crippen LogP contribution in [-0.4, -0.2) is 14.9 Å². The number of aromatic hydroxyl groups is 1. The van der Waals surface area contributed by atoms with Crippen LogP contribution in [0.2, 0.25) is 0 Å². The fraction of sp³-hybridized carbons (Fsp3) is 0.308. The van der Waals surface area contributed by atoms with E-state index in [2.05, 4.69) is 18.1 Å². The third-order valence-corrected chi connectivity index (χ3v) is 2.96. The van der Waals surface area contributed by atoms with E-state index in [0.717, 1.165) is 17.7 Å². The molecule has 0 aliphatic heterocycles. The molecule has 1 aromatic heterocycles. The van der Waals surface area contributed by atoms with Crippen molar-refractivity contribution in [2.75, 3.05) is 0 Å². The predicted molar refractivity (Wildman–Crippen MR) is 64.4 cm³/mol. The molecule has 0 fully saturated rings. The van der Waals surface area contributed by atoms with Crippen molar-refractivity contribution in [1.29, 1.82) is 0 Å². The molecule has 3 nitrogen and oxygen atoms in total. The molecule has 84 valence electrons. The second-order valence-corrected chi connectivity index (χ2v) is 3.92. The Labute approximate surface area is 95.3 Å². The van der Waals surface area contributed by atoms with Crippen LogP contribution in [0.15, 0.2) is 24.3 Å². The lowest BCUT2D eigenvalue weighted by molar-refractivity contribution is 0.471. The van der Waals surface area contributed by atoms with Crippen molar-refractivity contribution in [3.63, 3.8) is 0 Å². The summed E-state index contributed by atoms with van der Waals surface area (Å²) in [6.07, 6.45) is 0.936. The molecule has 2 aromatic rings. The van der Waals surface area contributed by atoms with Gasteiger partial charge in [0.25, 0.3) is 0 Å². The van der Waals surface area contributed by atoms with Gasteiger partial charge in [-0.1, -0.05) is 31.2 Å². The van der Waals surface area contributed by atoms with Gasteiger partial charge < -0.3 is 5.11 Å². The van der Waals surface area contributed by atoms with Crippen molar-refractivity contribution in [3.8, 4) is 17.0 Å². The average molecular weight is 216 g/mol. The maximum absolute atomic E-state index is 10.0. The molecule has 0 atom stereocenters. The third-order valence-electron chi connectivity index (χ3n) is 2.96. The Hall–Kier alpha value is -1.77. The molecule has 0 aliphatic carbocycles. The lowest BCUT2D eigenvalue weighted by Gasteiger charge is -2.04. The molecule has 1 N–H and O–H groups in total. The van der Waals surface area contributed by atoms with E-state index in [1.54, 1.807) is 4.68 Å². The summed E-state index contributed by atoms with van der Waals surface area (Å²) in [6, 6.07) is 8.05. The van der Waals surface area contributed by atoms with Gasteiger partial charge in [-0.3, -0.25) is 4.68 Å². The zero-order valence-electron chi connectivity index (χ0n) is 9.86. The van der Waals surface area contributed by atoms with Crippen LogP contribution < -0.4 is 0 Å². The molecule has 0 aliphatic rings. The number of benzene rings is 1. The monoisotopic (exact) mass is 216 g/mol. The van der Waals surface area contributed by atoms with Crippen molar-refractivity contribution in [1.82, 2.24) is 9.78 Å². The van der Waals surface area contributed by atoms with Crippen LogP contribution in [0.4, 0.5) is 0 Å². The minimum Gasteiger partial charge on any atom is -0.504 e. The van der Waals surface area contributed by atoms with E-state index in [4.69, 9.17) is 0 Å². The smallest absolute Gasteiger partial charge is 0.164 e. The summed E-state index contributed by atoms with van der Waals surface area (Å²) in [5, 5.41) is 14.4. The van der Waals surface area contributed by atoms with Gasteiger partial charge in [-0.15, -0.1) is 0 Å². The molecule has 0 saturated heterocycles. The maximum atomic E-state index is 10.0. The summed E-state index contributed by atoms with van der Waals surface area (Å²) in [7, 11) is 1.84. The Balaban J connectivity index is 2.63. The summed E-state index contributed by atoms with van der Waals surface area (Å²) in [5.74, 6) is 0.281. The largest absolute Gasteiger partial charge is 0.504 e. The minimum atomic E-state index is 0.281. The first-order chi connectivity index (χ1) is 7.65. The van der Waals surface area contributed by atoms with E-state index in [0.29, 0.717) is 5.69 Å². The van der Waals surface area contributed by atoms with Gasteiger partial charge in [-0.05, 0) is 18.9 Å². The summed E-state index contributed by atoms with van der Waals surface area (Å²) >= 11 is 0. The lowest BCUT2D eigenvalue weighted by atomic mass is 10.0. The van der Waals surface area contributed by atoms with Gasteiger partial charge in [0, 0.05) is 12.6 Å². The molecule has 0 spiro atoms. The van der Waals surface area contributed by atoms with Crippen LogP contribution >= 0.6 is 0 Å². The van der Waals surface area contributed by atoms with E-state index in [9.17, 15) is 5.11 Å². The molecule has 16 heavy (non-hydrogen) atoms. The standard InChI is InChI=1S/C13H16N2O/c1-4-10-7-5-6-8-11(10)12-13(16)9(2)15(3)14-12/h5-8,16H,4H2,1-3H3. The zero-order chi connectivity index (χ0) is 11.7. The van der Waals surface area contributed by atoms with E-state index in [1.807, 2.05) is 32.2 Å². The van der Waals surface area contributed by atoms with Crippen molar-refractivity contribution in [2.24, 2.45) is 7.05 Å². The van der Waals surface area contributed by atoms with Crippen molar-refractivity contribution < 1.29 is 5.11 Å². The molecule has 0 amide bonds. The molecular formula is C13H16N2O. The summed E-state index contributed by atoms with van der Waals surface area (Å²) < 4.78 is 1.71. The molecule has 2 rings (SSSR count). The first kappa shape index (κ1) is 10.7. The van der Waals surface area contributed by atoms with Gasteiger partial charge in [0.1, 0.15) is 5.69 Å². The second kappa shape index (κ2) is 4.00. The van der Waals surface area contributed by atoms with Crippen LogP contribution in [0.5, 0.6) is 5.75 Å². The number of rotatable bonds is 2. The van der Waals surface area contributed by atoms with E-state index in [1.165, 1.54) is 5.56 Å². The summed E-state index contributed by atoms with van der Waals surface area (Å²) in [4.78, 5) is 0. The Morgan fingerprint density at radius 2 is 2.00 bits per heavy atom. The fourth-order valence-corrected chi connectivity index (χ4v) is 1.84. The highest BCUT2D eigenvalue weighted by Crippen LogP contribution is 2.32. The SMILES string of the molecule is CCc1ccccc1-c1nn(C)c(C)c1O. The van der Waals surface area contributed by atoms with Gasteiger partial charge in [-0.2, -0.15) is 5.10 Å². The first-order valence-electron chi connectivity index (χ1n) is 5.46. The van der Waals surface area contributed by atoms with Crippen LogP contribution in [-0.2, 0) is 13.5 Å². The van der Waals surface area contributed by atoms with Crippen LogP contribution in [0, 0.1) is 6.92 Å². The maximum Gasteiger partial charge on any atom is 0.164 e. The highest BCUT2D eigenvalue weighted by molar-refractivity contribution is 5.70. The minimum absolute atomic E-state index is 0.281. The van der Waals surface area contributed by atoms with Gasteiger partial charge >= 0.3 is 0 Å². The van der Waals surface area contributed by atoms with Crippen LogP contribution in [0.1, 0.15) is 18.2 Å². The summed E-state index contributed by atoms with van der Waals surface area (Å²) in [5.41, 5.74) is 3.69. The highest BCUT2D eigenvalue weighted by atomic mass is 16.3. The Morgan fingerprint density at radius 1 is 1.31 bits per heavy atom. The first-order valence-corrected chi connectivity index (χ1v) is 5.46. The number of aromatic nitrogens is 2. The van der Waals surface area contributed by atoms with E-state index < -0.39 is 0 Å². The van der Waals surface area contributed by atoms with E-state index >= 15 is 0 Å². The highest BCUT2D eigenvalue weighted by Gasteiger charge is 2.15. The van der Waals surface area contributed by atoms with Gasteiger partial charge in [-0.25, -0.2) is 0 Å². The number of aryl methyl sites for hydroxylation is 2. The molecule has 0 bridgehead atoms. The molecule has 0 radical (unpaired) electrons. The average Bonchev–Trinajstić information content (AvgIpc) is 2.57. The Kier molecular flexibility index (Phi) is 2.69. The number of hydrogen-bond donors (Lipinski definition) is 1. The number of hydrogen-bond acceptors (Lipinski definition) is 2. The van der Waals surface area contributed by atoms with Crippen molar-refractivity contribution in [3.05, 3.63) is 35.5 Å². The normalized spacial score (nSPS) is 10.7. The molecule has 3 heteroatoms. The van der Waals surface area contributed by atoms with Crippen LogP contribution in [0.3, 0.4) is 0 Å². The molecular weight excluding hydrogens is 200 g/mol. The fourth-order valence-electron chi connectivity index (χ4n) is 1.84. The van der Waals surface area contributed by atoms with Gasteiger partial charge in [0.2, 0.25) is 0 Å². The summed E-state index contributed by atoms with van der Waals surface area (Å²) in [6.45, 7) is 3.96. The van der Waals surface area contributed by atoms with Gasteiger partial charge in [0.15, 0.2) is 5.75 Å².